The van der Waals surface area contributed by atoms with Crippen LogP contribution >= 0.6 is 0 Å². The van der Waals surface area contributed by atoms with Crippen molar-refractivity contribution < 1.29 is 24.5 Å². The van der Waals surface area contributed by atoms with Crippen LogP contribution in [0.4, 0.5) is 0 Å². The number of aliphatic hydroxyl groups excluding tert-OH is 2. The number of ether oxygens (including phenoxy) is 1. The van der Waals surface area contributed by atoms with Gasteiger partial charge < -0.3 is 14.9 Å². The summed E-state index contributed by atoms with van der Waals surface area (Å²) < 4.78 is 5.27. The van der Waals surface area contributed by atoms with Crippen molar-refractivity contribution in [3.63, 3.8) is 0 Å². The highest BCUT2D eigenvalue weighted by atomic mass is 16.6. The average Bonchev–Trinajstić information content (AvgIpc) is 3.09. The highest BCUT2D eigenvalue weighted by Crippen LogP contribution is 2.15. The highest BCUT2D eigenvalue weighted by molar-refractivity contribution is 5.83. The van der Waals surface area contributed by atoms with Crippen molar-refractivity contribution in [1.82, 2.24) is 0 Å². The van der Waals surface area contributed by atoms with Crippen molar-refractivity contribution in [1.29, 1.82) is 0 Å². The number of rotatable bonds is 38. The highest BCUT2D eigenvalue weighted by Gasteiger charge is 2.28. The standard InChI is InChI=1S/C43H80O5/c1-3-5-7-9-11-13-15-17-19-20-21-22-24-25-27-29-31-33-35-37-40(45)43(47)41(39-44)48-42(46)38-36-34-32-30-28-26-23-18-16-14-12-10-8-6-4-2/h17-19,23,41,43-44,47H,3-16,20-22,24-39H2,1-2H3/b19-17-,23-18-. The number of hydrogen-bond donors (Lipinski definition) is 2. The molecule has 5 heteroatoms. The summed E-state index contributed by atoms with van der Waals surface area (Å²) in [6.07, 6.45) is 43.8. The molecule has 0 aromatic carbocycles. The van der Waals surface area contributed by atoms with Gasteiger partial charge in [-0.25, -0.2) is 0 Å². The predicted molar refractivity (Wildman–Crippen MR) is 205 cm³/mol. The van der Waals surface area contributed by atoms with Gasteiger partial charge in [-0.05, 0) is 64.2 Å². The number of carbonyl (C=O) groups excluding carboxylic acids is 2. The number of ketones is 1. The van der Waals surface area contributed by atoms with Gasteiger partial charge >= 0.3 is 5.97 Å². The molecule has 0 saturated carbocycles. The maximum atomic E-state index is 12.5. The van der Waals surface area contributed by atoms with E-state index in [-0.39, 0.29) is 18.6 Å². The van der Waals surface area contributed by atoms with Gasteiger partial charge in [0, 0.05) is 12.8 Å². The third-order valence-corrected chi connectivity index (χ3v) is 9.47. The van der Waals surface area contributed by atoms with E-state index in [9.17, 15) is 19.8 Å². The normalized spacial score (nSPS) is 13.1. The third-order valence-electron chi connectivity index (χ3n) is 9.47. The van der Waals surface area contributed by atoms with Crippen LogP contribution in [0.15, 0.2) is 24.3 Å². The lowest BCUT2D eigenvalue weighted by atomic mass is 10.0. The summed E-state index contributed by atoms with van der Waals surface area (Å²) in [5, 5.41) is 20.0. The molecule has 282 valence electrons. The molecule has 2 unspecified atom stereocenters. The fraction of sp³-hybridized carbons (Fsp3) is 0.860. The molecule has 0 aliphatic heterocycles. The molecule has 0 amide bonds. The largest absolute Gasteiger partial charge is 0.457 e. The summed E-state index contributed by atoms with van der Waals surface area (Å²) in [6, 6.07) is 0. The van der Waals surface area contributed by atoms with Gasteiger partial charge in [0.2, 0.25) is 0 Å². The molecule has 0 heterocycles. The van der Waals surface area contributed by atoms with Crippen molar-refractivity contribution in [2.75, 3.05) is 6.61 Å². The van der Waals surface area contributed by atoms with E-state index >= 15 is 0 Å². The van der Waals surface area contributed by atoms with E-state index in [1.54, 1.807) is 0 Å². The zero-order chi connectivity index (χ0) is 35.2. The van der Waals surface area contributed by atoms with Gasteiger partial charge in [-0.2, -0.15) is 0 Å². The second kappa shape index (κ2) is 38.3. The summed E-state index contributed by atoms with van der Waals surface area (Å²) in [4.78, 5) is 24.7. The van der Waals surface area contributed by atoms with Crippen LogP contribution in [0.2, 0.25) is 0 Å². The Morgan fingerprint density at radius 1 is 0.479 bits per heavy atom. The number of unbranched alkanes of at least 4 members (excludes halogenated alkanes) is 26. The van der Waals surface area contributed by atoms with E-state index in [0.717, 1.165) is 51.4 Å². The zero-order valence-electron chi connectivity index (χ0n) is 31.9. The van der Waals surface area contributed by atoms with E-state index in [0.29, 0.717) is 0 Å². The van der Waals surface area contributed by atoms with E-state index in [2.05, 4.69) is 38.2 Å². The maximum absolute atomic E-state index is 12.5. The molecule has 0 aromatic heterocycles. The summed E-state index contributed by atoms with van der Waals surface area (Å²) in [6.45, 7) is 3.98. The first-order valence-electron chi connectivity index (χ1n) is 20.9. The summed E-state index contributed by atoms with van der Waals surface area (Å²) in [5.41, 5.74) is 0. The Morgan fingerprint density at radius 3 is 1.15 bits per heavy atom. The van der Waals surface area contributed by atoms with Gasteiger partial charge in [0.1, 0.15) is 0 Å². The molecular formula is C43H80O5. The summed E-state index contributed by atoms with van der Waals surface area (Å²) in [7, 11) is 0. The first-order chi connectivity index (χ1) is 23.6. The Morgan fingerprint density at radius 2 is 0.792 bits per heavy atom. The van der Waals surface area contributed by atoms with E-state index in [4.69, 9.17) is 4.74 Å². The lowest BCUT2D eigenvalue weighted by Crippen LogP contribution is -2.40. The molecule has 0 fully saturated rings. The Labute approximate surface area is 298 Å². The quantitative estimate of drug-likeness (QED) is 0.0386. The van der Waals surface area contributed by atoms with Crippen LogP contribution in [0.1, 0.15) is 219 Å². The lowest BCUT2D eigenvalue weighted by molar-refractivity contribution is -0.161. The molecular weight excluding hydrogens is 596 g/mol. The first-order valence-corrected chi connectivity index (χ1v) is 20.9. The number of Topliss-reactive ketones (excluding diaryl/α,β-unsaturated/α-hetero) is 1. The van der Waals surface area contributed by atoms with Gasteiger partial charge in [0.15, 0.2) is 18.0 Å². The zero-order valence-corrected chi connectivity index (χ0v) is 31.9. The minimum absolute atomic E-state index is 0.256. The van der Waals surface area contributed by atoms with Gasteiger partial charge in [0.05, 0.1) is 6.61 Å². The number of esters is 1. The topological polar surface area (TPSA) is 83.8 Å². The molecule has 48 heavy (non-hydrogen) atoms. The average molecular weight is 677 g/mol. The van der Waals surface area contributed by atoms with Crippen molar-refractivity contribution >= 4 is 11.8 Å². The second-order valence-electron chi connectivity index (χ2n) is 14.2. The minimum Gasteiger partial charge on any atom is -0.457 e. The molecule has 0 spiro atoms. The van der Waals surface area contributed by atoms with Crippen molar-refractivity contribution in [3.05, 3.63) is 24.3 Å². The molecule has 2 atom stereocenters. The predicted octanol–water partition coefficient (Wildman–Crippen LogP) is 12.5. The fourth-order valence-electron chi connectivity index (χ4n) is 6.20. The van der Waals surface area contributed by atoms with E-state index in [1.807, 2.05) is 0 Å². The van der Waals surface area contributed by atoms with Crippen molar-refractivity contribution in [2.45, 2.75) is 232 Å². The molecule has 5 nitrogen and oxygen atoms in total. The smallest absolute Gasteiger partial charge is 0.306 e. The van der Waals surface area contributed by atoms with Gasteiger partial charge in [-0.1, -0.05) is 167 Å². The fourth-order valence-corrected chi connectivity index (χ4v) is 6.20. The Kier molecular flexibility index (Phi) is 37.2. The molecule has 0 radical (unpaired) electrons. The van der Waals surface area contributed by atoms with Crippen LogP contribution < -0.4 is 0 Å². The number of aliphatic hydroxyl groups is 2. The Hall–Kier alpha value is -1.46. The molecule has 0 aromatic rings. The molecule has 0 rings (SSSR count). The van der Waals surface area contributed by atoms with Gasteiger partial charge in [0.25, 0.3) is 0 Å². The number of hydrogen-bond acceptors (Lipinski definition) is 5. The summed E-state index contributed by atoms with van der Waals surface area (Å²) >= 11 is 0. The van der Waals surface area contributed by atoms with E-state index in [1.165, 1.54) is 141 Å². The number of carbonyl (C=O) groups is 2. The monoisotopic (exact) mass is 677 g/mol. The van der Waals surface area contributed by atoms with Crippen molar-refractivity contribution in [3.8, 4) is 0 Å². The van der Waals surface area contributed by atoms with Crippen LogP contribution in [0.25, 0.3) is 0 Å². The second-order valence-corrected chi connectivity index (χ2v) is 14.2. The van der Waals surface area contributed by atoms with Crippen molar-refractivity contribution in [2.24, 2.45) is 0 Å². The maximum Gasteiger partial charge on any atom is 0.306 e. The van der Waals surface area contributed by atoms with Crippen LogP contribution in [0, 0.1) is 0 Å². The minimum atomic E-state index is -1.45. The van der Waals surface area contributed by atoms with Crippen LogP contribution in [0.3, 0.4) is 0 Å². The molecule has 2 N–H and O–H groups in total. The number of allylic oxidation sites excluding steroid dienone is 4. The lowest BCUT2D eigenvalue weighted by Gasteiger charge is -2.20. The Balaban J connectivity index is 3.66. The SMILES string of the molecule is CCCCCCCC/C=C\CCCCCCCCCCCC(=O)C(O)C(CO)OC(=O)CCCCCCC/C=C\CCCCCCCC. The Bertz CT molecular complexity index is 745. The first kappa shape index (κ1) is 46.5. The summed E-state index contributed by atoms with van der Waals surface area (Å²) in [5.74, 6) is -0.789. The van der Waals surface area contributed by atoms with Gasteiger partial charge in [-0.15, -0.1) is 0 Å². The molecule has 0 saturated heterocycles. The van der Waals surface area contributed by atoms with E-state index < -0.39 is 24.8 Å². The molecule has 0 bridgehead atoms. The molecule has 0 aliphatic carbocycles. The van der Waals surface area contributed by atoms with Gasteiger partial charge in [-0.3, -0.25) is 9.59 Å². The van der Waals surface area contributed by atoms with Crippen LogP contribution in [0.5, 0.6) is 0 Å². The van der Waals surface area contributed by atoms with Crippen LogP contribution in [-0.4, -0.2) is 40.8 Å². The molecule has 0 aliphatic rings. The third kappa shape index (κ3) is 33.1. The van der Waals surface area contributed by atoms with Crippen LogP contribution in [-0.2, 0) is 14.3 Å².